The van der Waals surface area contributed by atoms with Crippen LogP contribution in [0.1, 0.15) is 20.8 Å². The standard InChI is InChI=1S/C28H24N2O4S/c1-19-24-26(35-25(19)28(32)34-16-14-20-8-3-2-4-9-20)29-18-30(27(24)31)15-17-33-23-13-7-11-21-10-5-6-12-22(21)23/h2-13,18H,14-17H2,1H3. The molecule has 7 heteroatoms. The molecule has 0 spiro atoms. The van der Waals surface area contributed by atoms with E-state index in [1.807, 2.05) is 72.8 Å². The van der Waals surface area contributed by atoms with E-state index in [-0.39, 0.29) is 12.2 Å². The minimum Gasteiger partial charge on any atom is -0.491 e. The minimum atomic E-state index is -0.424. The van der Waals surface area contributed by atoms with Crippen LogP contribution in [0.15, 0.2) is 83.9 Å². The molecule has 35 heavy (non-hydrogen) atoms. The first-order valence-corrected chi connectivity index (χ1v) is 12.2. The zero-order valence-corrected chi connectivity index (χ0v) is 20.1. The highest BCUT2D eigenvalue weighted by Crippen LogP contribution is 2.28. The third-order valence-electron chi connectivity index (χ3n) is 5.91. The number of ether oxygens (including phenoxy) is 2. The maximum Gasteiger partial charge on any atom is 0.348 e. The normalized spacial score (nSPS) is 11.1. The molecule has 0 aliphatic heterocycles. The molecule has 0 saturated heterocycles. The summed E-state index contributed by atoms with van der Waals surface area (Å²) in [5.41, 5.74) is 1.52. The van der Waals surface area contributed by atoms with Crippen molar-refractivity contribution in [2.75, 3.05) is 13.2 Å². The quantitative estimate of drug-likeness (QED) is 0.276. The Bertz CT molecular complexity index is 1550. The van der Waals surface area contributed by atoms with Crippen LogP contribution in [0.25, 0.3) is 21.0 Å². The fourth-order valence-electron chi connectivity index (χ4n) is 4.06. The van der Waals surface area contributed by atoms with Gasteiger partial charge >= 0.3 is 5.97 Å². The van der Waals surface area contributed by atoms with Gasteiger partial charge in [0.2, 0.25) is 0 Å². The van der Waals surface area contributed by atoms with Crippen molar-refractivity contribution >= 4 is 38.3 Å². The van der Waals surface area contributed by atoms with E-state index in [9.17, 15) is 9.59 Å². The largest absolute Gasteiger partial charge is 0.491 e. The summed E-state index contributed by atoms with van der Waals surface area (Å²) in [6.07, 6.45) is 2.15. The highest BCUT2D eigenvalue weighted by atomic mass is 32.1. The van der Waals surface area contributed by atoms with Crippen LogP contribution in [-0.4, -0.2) is 28.7 Å². The van der Waals surface area contributed by atoms with E-state index in [2.05, 4.69) is 4.98 Å². The zero-order chi connectivity index (χ0) is 24.2. The van der Waals surface area contributed by atoms with Gasteiger partial charge in [0.1, 0.15) is 22.1 Å². The third kappa shape index (κ3) is 4.81. The second-order valence-electron chi connectivity index (χ2n) is 8.18. The topological polar surface area (TPSA) is 70.4 Å². The van der Waals surface area contributed by atoms with Crippen molar-refractivity contribution in [2.45, 2.75) is 19.9 Å². The van der Waals surface area contributed by atoms with Gasteiger partial charge in [0.15, 0.2) is 0 Å². The summed E-state index contributed by atoms with van der Waals surface area (Å²) in [6.45, 7) is 2.71. The van der Waals surface area contributed by atoms with Crippen molar-refractivity contribution in [3.63, 3.8) is 0 Å². The second-order valence-corrected chi connectivity index (χ2v) is 9.18. The summed E-state index contributed by atoms with van der Waals surface area (Å²) in [5.74, 6) is 0.351. The molecular weight excluding hydrogens is 460 g/mol. The van der Waals surface area contributed by atoms with E-state index < -0.39 is 5.97 Å². The predicted molar refractivity (Wildman–Crippen MR) is 138 cm³/mol. The fourth-order valence-corrected chi connectivity index (χ4v) is 5.09. The molecule has 0 fully saturated rings. The number of carbonyl (C=O) groups is 1. The Morgan fingerprint density at radius 3 is 2.60 bits per heavy atom. The molecule has 0 amide bonds. The lowest BCUT2D eigenvalue weighted by molar-refractivity contribution is 0.0514. The van der Waals surface area contributed by atoms with Crippen molar-refractivity contribution in [3.8, 4) is 5.75 Å². The molecule has 5 aromatic rings. The molecule has 0 unspecified atom stereocenters. The van der Waals surface area contributed by atoms with E-state index >= 15 is 0 Å². The van der Waals surface area contributed by atoms with Gasteiger partial charge in [-0.2, -0.15) is 0 Å². The Kier molecular flexibility index (Phi) is 6.59. The van der Waals surface area contributed by atoms with Crippen molar-refractivity contribution in [3.05, 3.63) is 105 Å². The van der Waals surface area contributed by atoms with Gasteiger partial charge in [0.05, 0.1) is 24.9 Å². The van der Waals surface area contributed by atoms with Gasteiger partial charge in [-0.3, -0.25) is 9.36 Å². The predicted octanol–water partition coefficient (Wildman–Crippen LogP) is 5.40. The maximum atomic E-state index is 13.2. The Balaban J connectivity index is 1.28. The number of benzene rings is 3. The van der Waals surface area contributed by atoms with Crippen molar-refractivity contribution in [1.29, 1.82) is 0 Å². The fraction of sp³-hybridized carbons (Fsp3) is 0.179. The highest BCUT2D eigenvalue weighted by molar-refractivity contribution is 7.20. The molecular formula is C28H24N2O4S. The molecule has 0 N–H and O–H groups in total. The van der Waals surface area contributed by atoms with Gasteiger partial charge in [0.25, 0.3) is 5.56 Å². The van der Waals surface area contributed by atoms with Crippen LogP contribution in [0, 0.1) is 6.92 Å². The summed E-state index contributed by atoms with van der Waals surface area (Å²) in [5, 5.41) is 2.58. The number of hydrogen-bond donors (Lipinski definition) is 0. The molecule has 5 rings (SSSR count). The number of hydrogen-bond acceptors (Lipinski definition) is 6. The van der Waals surface area contributed by atoms with Crippen LogP contribution in [0.4, 0.5) is 0 Å². The molecule has 0 aliphatic rings. The lowest BCUT2D eigenvalue weighted by Crippen LogP contribution is -2.23. The van der Waals surface area contributed by atoms with Crippen LogP contribution in [0.5, 0.6) is 5.75 Å². The Morgan fingerprint density at radius 2 is 1.74 bits per heavy atom. The lowest BCUT2D eigenvalue weighted by atomic mass is 10.1. The van der Waals surface area contributed by atoms with E-state index in [4.69, 9.17) is 9.47 Å². The molecule has 0 bridgehead atoms. The molecule has 6 nitrogen and oxygen atoms in total. The number of carbonyl (C=O) groups excluding carboxylic acids is 1. The number of aryl methyl sites for hydroxylation is 1. The number of rotatable bonds is 8. The molecule has 3 aromatic carbocycles. The first kappa shape index (κ1) is 22.8. The minimum absolute atomic E-state index is 0.186. The third-order valence-corrected chi connectivity index (χ3v) is 7.09. The van der Waals surface area contributed by atoms with Crippen LogP contribution in [0.3, 0.4) is 0 Å². The van der Waals surface area contributed by atoms with Crippen molar-refractivity contribution in [2.24, 2.45) is 0 Å². The SMILES string of the molecule is Cc1c(C(=O)OCCc2ccccc2)sc2ncn(CCOc3cccc4ccccc34)c(=O)c12. The van der Waals surface area contributed by atoms with Crippen LogP contribution >= 0.6 is 11.3 Å². The van der Waals surface area contributed by atoms with E-state index in [0.717, 1.165) is 22.1 Å². The van der Waals surface area contributed by atoms with E-state index in [1.54, 1.807) is 6.92 Å². The summed E-state index contributed by atoms with van der Waals surface area (Å²) in [6, 6.07) is 23.8. The molecule has 0 atom stereocenters. The Morgan fingerprint density at radius 1 is 0.971 bits per heavy atom. The van der Waals surface area contributed by atoms with Gasteiger partial charge in [-0.15, -0.1) is 11.3 Å². The van der Waals surface area contributed by atoms with Gasteiger partial charge < -0.3 is 9.47 Å². The maximum absolute atomic E-state index is 13.2. The number of aromatic nitrogens is 2. The number of thiophene rings is 1. The number of nitrogens with zero attached hydrogens (tertiary/aromatic N) is 2. The Labute approximate surface area is 206 Å². The van der Waals surface area contributed by atoms with E-state index in [1.165, 1.54) is 22.2 Å². The zero-order valence-electron chi connectivity index (χ0n) is 19.3. The summed E-state index contributed by atoms with van der Waals surface area (Å²) >= 11 is 1.19. The van der Waals surface area contributed by atoms with Crippen molar-refractivity contribution in [1.82, 2.24) is 9.55 Å². The molecule has 0 radical (unpaired) electrons. The smallest absolute Gasteiger partial charge is 0.348 e. The molecule has 176 valence electrons. The molecule has 2 aromatic heterocycles. The summed E-state index contributed by atoms with van der Waals surface area (Å²) in [7, 11) is 0. The van der Waals surface area contributed by atoms with Crippen LogP contribution < -0.4 is 10.3 Å². The average molecular weight is 485 g/mol. The summed E-state index contributed by atoms with van der Waals surface area (Å²) in [4.78, 5) is 31.2. The molecule has 2 heterocycles. The second kappa shape index (κ2) is 10.1. The van der Waals surface area contributed by atoms with Gasteiger partial charge in [-0.25, -0.2) is 9.78 Å². The number of esters is 1. The van der Waals surface area contributed by atoms with Crippen LogP contribution in [0.2, 0.25) is 0 Å². The first-order chi connectivity index (χ1) is 17.1. The molecule has 0 saturated carbocycles. The lowest BCUT2D eigenvalue weighted by Gasteiger charge is -2.10. The first-order valence-electron chi connectivity index (χ1n) is 11.4. The Hall–Kier alpha value is -3.97. The average Bonchev–Trinajstić information content (AvgIpc) is 3.23. The highest BCUT2D eigenvalue weighted by Gasteiger charge is 2.20. The summed E-state index contributed by atoms with van der Waals surface area (Å²) < 4.78 is 13.0. The van der Waals surface area contributed by atoms with Gasteiger partial charge in [-0.05, 0) is 29.5 Å². The van der Waals surface area contributed by atoms with Gasteiger partial charge in [-0.1, -0.05) is 66.7 Å². The monoisotopic (exact) mass is 484 g/mol. The van der Waals surface area contributed by atoms with Crippen molar-refractivity contribution < 1.29 is 14.3 Å². The molecule has 0 aliphatic carbocycles. The van der Waals surface area contributed by atoms with Gasteiger partial charge in [0, 0.05) is 11.8 Å². The number of fused-ring (bicyclic) bond motifs is 2. The van der Waals surface area contributed by atoms with Crippen LogP contribution in [-0.2, 0) is 17.7 Å². The van der Waals surface area contributed by atoms with E-state index in [0.29, 0.717) is 40.2 Å².